The van der Waals surface area contributed by atoms with Gasteiger partial charge in [0.2, 0.25) is 0 Å². The van der Waals surface area contributed by atoms with Crippen molar-refractivity contribution in [2.45, 2.75) is 52.0 Å². The van der Waals surface area contributed by atoms with Crippen LogP contribution in [0.4, 0.5) is 0 Å². The van der Waals surface area contributed by atoms with Crippen LogP contribution in [0, 0.1) is 30.6 Å². The molecule has 1 aromatic rings. The summed E-state index contributed by atoms with van der Waals surface area (Å²) in [4.78, 5) is 10.6. The predicted octanol–water partition coefficient (Wildman–Crippen LogP) is 4.56. The smallest absolute Gasteiger partial charge is 0.303 e. The minimum atomic E-state index is -0.688. The van der Waals surface area contributed by atoms with Gasteiger partial charge >= 0.3 is 5.97 Å². The molecule has 2 bridgehead atoms. The van der Waals surface area contributed by atoms with E-state index in [2.05, 4.69) is 48.7 Å². The molecule has 2 fully saturated rings. The molecular formula is C22H31NO2. The molecule has 0 saturated heterocycles. The summed E-state index contributed by atoms with van der Waals surface area (Å²) >= 11 is 0. The van der Waals surface area contributed by atoms with Crippen LogP contribution in [0.5, 0.6) is 0 Å². The zero-order valence-corrected chi connectivity index (χ0v) is 15.3. The number of carboxylic acids is 1. The molecule has 3 nitrogen and oxygen atoms in total. The maximum absolute atomic E-state index is 10.6. The molecule has 0 spiro atoms. The van der Waals surface area contributed by atoms with Crippen molar-refractivity contribution in [2.24, 2.45) is 23.7 Å². The van der Waals surface area contributed by atoms with E-state index in [1.807, 2.05) is 0 Å². The highest BCUT2D eigenvalue weighted by molar-refractivity contribution is 5.66. The van der Waals surface area contributed by atoms with Crippen molar-refractivity contribution >= 4 is 5.97 Å². The summed E-state index contributed by atoms with van der Waals surface area (Å²) in [6.07, 6.45) is 10.7. The van der Waals surface area contributed by atoms with E-state index in [0.29, 0.717) is 5.92 Å². The van der Waals surface area contributed by atoms with E-state index in [4.69, 9.17) is 5.11 Å². The number of aryl methyl sites for hydroxylation is 1. The number of unbranched alkanes of at least 4 members (excludes halogenated alkanes) is 1. The van der Waals surface area contributed by atoms with E-state index >= 15 is 0 Å². The molecule has 0 unspecified atom stereocenters. The van der Waals surface area contributed by atoms with Crippen molar-refractivity contribution in [3.63, 3.8) is 0 Å². The Bertz CT molecular complexity index is 593. The largest absolute Gasteiger partial charge is 0.481 e. The highest BCUT2D eigenvalue weighted by atomic mass is 16.4. The molecule has 0 aromatic heterocycles. The summed E-state index contributed by atoms with van der Waals surface area (Å²) in [5.41, 5.74) is 2.67. The Hall–Kier alpha value is -1.61. The fraction of sp³-hybridized carbons (Fsp3) is 0.591. The number of rotatable bonds is 9. The summed E-state index contributed by atoms with van der Waals surface area (Å²) in [5.74, 6) is 2.48. The molecule has 0 aliphatic heterocycles. The zero-order valence-electron chi connectivity index (χ0n) is 15.3. The van der Waals surface area contributed by atoms with Crippen LogP contribution >= 0.6 is 0 Å². The van der Waals surface area contributed by atoms with E-state index < -0.39 is 5.97 Å². The first kappa shape index (κ1) is 18.2. The minimum absolute atomic E-state index is 0.280. The fourth-order valence-corrected chi connectivity index (χ4v) is 4.77. The molecule has 2 N–H and O–H groups in total. The second-order valence-corrected chi connectivity index (χ2v) is 7.91. The molecule has 2 aliphatic rings. The van der Waals surface area contributed by atoms with Gasteiger partial charge in [-0.1, -0.05) is 42.0 Å². The van der Waals surface area contributed by atoms with Crippen molar-refractivity contribution in [3.05, 3.63) is 47.5 Å². The van der Waals surface area contributed by atoms with E-state index in [1.54, 1.807) is 0 Å². The molecule has 136 valence electrons. The molecule has 2 aliphatic carbocycles. The Morgan fingerprint density at radius 3 is 2.76 bits per heavy atom. The number of hydrogen-bond donors (Lipinski definition) is 2. The molecule has 4 atom stereocenters. The summed E-state index contributed by atoms with van der Waals surface area (Å²) in [5, 5.41) is 12.4. The minimum Gasteiger partial charge on any atom is -0.481 e. The average Bonchev–Trinajstić information content (AvgIpc) is 3.18. The molecule has 3 heteroatoms. The van der Waals surface area contributed by atoms with Gasteiger partial charge in [0.05, 0.1) is 0 Å². The third-order valence-electron chi connectivity index (χ3n) is 6.11. The quantitative estimate of drug-likeness (QED) is 0.511. The van der Waals surface area contributed by atoms with Gasteiger partial charge in [0.1, 0.15) is 0 Å². The van der Waals surface area contributed by atoms with Crippen molar-refractivity contribution < 1.29 is 9.90 Å². The monoisotopic (exact) mass is 341 g/mol. The number of hydrogen-bond acceptors (Lipinski definition) is 2. The molecule has 2 saturated carbocycles. The maximum atomic E-state index is 10.6. The van der Waals surface area contributed by atoms with Gasteiger partial charge < -0.3 is 10.4 Å². The normalized spacial score (nSPS) is 28.0. The van der Waals surface area contributed by atoms with Crippen LogP contribution in [0.3, 0.4) is 0 Å². The lowest BCUT2D eigenvalue weighted by Gasteiger charge is -2.29. The van der Waals surface area contributed by atoms with Gasteiger partial charge in [-0.2, -0.15) is 0 Å². The third kappa shape index (κ3) is 4.94. The van der Waals surface area contributed by atoms with E-state index in [9.17, 15) is 4.79 Å². The standard InChI is InChI=1S/C22H31NO2/c1-16-7-9-17(10-8-16)14-23-15-21-19-12-11-18(13-19)20(21)5-3-2-4-6-22(24)25/h3,5,7-10,18-21,23H,2,4,6,11-15H2,1H3,(H,24,25)/b5-3-/t18-,19+,20-,21-/m0/s1. The number of allylic oxidation sites excluding steroid dienone is 2. The molecule has 25 heavy (non-hydrogen) atoms. The fourth-order valence-electron chi connectivity index (χ4n) is 4.77. The Morgan fingerprint density at radius 1 is 1.24 bits per heavy atom. The lowest BCUT2D eigenvalue weighted by Crippen LogP contribution is -2.31. The number of carbonyl (C=O) groups is 1. The molecule has 0 radical (unpaired) electrons. The first-order chi connectivity index (χ1) is 12.1. The Kier molecular flexibility index (Phi) is 6.30. The average molecular weight is 341 g/mol. The summed E-state index contributed by atoms with van der Waals surface area (Å²) in [7, 11) is 0. The second kappa shape index (κ2) is 8.66. The summed E-state index contributed by atoms with van der Waals surface area (Å²) < 4.78 is 0. The van der Waals surface area contributed by atoms with Crippen LogP contribution in [-0.4, -0.2) is 17.6 Å². The lowest BCUT2D eigenvalue weighted by molar-refractivity contribution is -0.137. The first-order valence-electron chi connectivity index (χ1n) is 9.78. The second-order valence-electron chi connectivity index (χ2n) is 7.91. The van der Waals surface area contributed by atoms with Crippen molar-refractivity contribution in [2.75, 3.05) is 6.54 Å². The van der Waals surface area contributed by atoms with E-state index in [0.717, 1.165) is 43.7 Å². The Labute approximate surface area is 151 Å². The third-order valence-corrected chi connectivity index (χ3v) is 6.11. The van der Waals surface area contributed by atoms with E-state index in [1.165, 1.54) is 30.4 Å². The number of nitrogens with one attached hydrogen (secondary N) is 1. The van der Waals surface area contributed by atoms with Gasteiger partial charge in [0.25, 0.3) is 0 Å². The Morgan fingerprint density at radius 2 is 2.00 bits per heavy atom. The molecule has 0 heterocycles. The van der Waals surface area contributed by atoms with Gasteiger partial charge in [-0.15, -0.1) is 0 Å². The van der Waals surface area contributed by atoms with Crippen LogP contribution in [0.25, 0.3) is 0 Å². The van der Waals surface area contributed by atoms with Crippen LogP contribution < -0.4 is 5.32 Å². The van der Waals surface area contributed by atoms with Gasteiger partial charge in [0.15, 0.2) is 0 Å². The molecule has 0 amide bonds. The Balaban J connectivity index is 1.47. The number of benzene rings is 1. The van der Waals surface area contributed by atoms with Crippen molar-refractivity contribution in [3.8, 4) is 0 Å². The van der Waals surface area contributed by atoms with Crippen LogP contribution in [0.1, 0.15) is 49.7 Å². The number of fused-ring (bicyclic) bond motifs is 2. The maximum Gasteiger partial charge on any atom is 0.303 e. The van der Waals surface area contributed by atoms with Gasteiger partial charge in [-0.25, -0.2) is 0 Å². The summed E-state index contributed by atoms with van der Waals surface area (Å²) in [6, 6.07) is 8.78. The number of carboxylic acid groups (broad SMARTS) is 1. The highest BCUT2D eigenvalue weighted by Crippen LogP contribution is 2.52. The van der Waals surface area contributed by atoms with Crippen LogP contribution in [0.15, 0.2) is 36.4 Å². The summed E-state index contributed by atoms with van der Waals surface area (Å²) in [6.45, 7) is 4.17. The predicted molar refractivity (Wildman–Crippen MR) is 101 cm³/mol. The lowest BCUT2D eigenvalue weighted by atomic mass is 9.79. The topological polar surface area (TPSA) is 49.3 Å². The van der Waals surface area contributed by atoms with Crippen LogP contribution in [-0.2, 0) is 11.3 Å². The highest BCUT2D eigenvalue weighted by Gasteiger charge is 2.45. The van der Waals surface area contributed by atoms with Crippen molar-refractivity contribution in [1.82, 2.24) is 5.32 Å². The van der Waals surface area contributed by atoms with Gasteiger partial charge in [-0.3, -0.25) is 4.79 Å². The van der Waals surface area contributed by atoms with Crippen LogP contribution in [0.2, 0.25) is 0 Å². The van der Waals surface area contributed by atoms with Gasteiger partial charge in [0, 0.05) is 13.0 Å². The van der Waals surface area contributed by atoms with E-state index in [-0.39, 0.29) is 6.42 Å². The molecule has 1 aromatic carbocycles. The zero-order chi connectivity index (χ0) is 17.6. The molecular weight excluding hydrogens is 310 g/mol. The first-order valence-corrected chi connectivity index (χ1v) is 9.78. The SMILES string of the molecule is Cc1ccc(CNC[C@H]2[C@@H]3CC[C@@H](C3)[C@@H]2/C=C\CCCC(=O)O)cc1. The van der Waals surface area contributed by atoms with Gasteiger partial charge in [-0.05, 0) is 74.8 Å². The van der Waals surface area contributed by atoms with Crippen molar-refractivity contribution in [1.29, 1.82) is 0 Å². The number of aliphatic carboxylic acids is 1. The molecule has 3 rings (SSSR count).